The number of pyridine rings is 1. The highest BCUT2D eigenvalue weighted by Gasteiger charge is 2.45. The van der Waals surface area contributed by atoms with E-state index in [4.69, 9.17) is 10.7 Å². The molecular weight excluding hydrogens is 843 g/mol. The number of nitrogens with zero attached hydrogens (tertiary/aromatic N) is 10. The van der Waals surface area contributed by atoms with Gasteiger partial charge < -0.3 is 30.7 Å². The predicted molar refractivity (Wildman–Crippen MR) is 243 cm³/mol. The standard InChI is InChI=1S/C47H53N13O6/c48-41(62)40-42(52-46(54-53-40)57-18-2-4-35(28-57)59-24-23-58(47(59)66)34-3-1-17-49-26-34)50-32-7-5-30(6-8-32)31-15-19-55(20-16-31)27-29-13-21-56(22-14-29)33-9-10-36-37(25-33)45(65)60(44(36)64)38-11-12-39(61)51-43(38)63/h1,3,5-10,17,25-26,29,31,35,38H,2,4,11-16,18-24,27-28H2,(H2,48,62)(H,50,52,54)(H,51,61,63). The van der Waals surface area contributed by atoms with Gasteiger partial charge in [-0.25, -0.2) is 4.79 Å². The number of rotatable bonds is 11. The molecule has 6 aliphatic heterocycles. The first-order valence-electron chi connectivity index (χ1n) is 23.1. The second-order valence-electron chi connectivity index (χ2n) is 18.2. The molecule has 8 heterocycles. The highest BCUT2D eigenvalue weighted by molar-refractivity contribution is 6.23. The van der Waals surface area contributed by atoms with Crippen molar-refractivity contribution in [1.82, 2.24) is 40.2 Å². The molecule has 5 saturated heterocycles. The average molecular weight is 896 g/mol. The van der Waals surface area contributed by atoms with E-state index in [1.165, 1.54) is 5.56 Å². The lowest BCUT2D eigenvalue weighted by molar-refractivity contribution is -0.136. The number of nitrogens with two attached hydrogens (primary N) is 1. The molecule has 4 N–H and O–H groups in total. The van der Waals surface area contributed by atoms with E-state index < -0.39 is 35.6 Å². The summed E-state index contributed by atoms with van der Waals surface area (Å²) in [6, 6.07) is 16.3. The van der Waals surface area contributed by atoms with Crippen molar-refractivity contribution < 1.29 is 28.8 Å². The van der Waals surface area contributed by atoms with Crippen molar-refractivity contribution in [2.45, 2.75) is 69.4 Å². The third-order valence-electron chi connectivity index (χ3n) is 14.2. The number of primary amides is 1. The number of likely N-dealkylation sites (tertiary alicyclic amines) is 1. The van der Waals surface area contributed by atoms with E-state index in [2.05, 4.69) is 47.7 Å². The van der Waals surface area contributed by atoms with Gasteiger partial charge in [0.25, 0.3) is 17.7 Å². The summed E-state index contributed by atoms with van der Waals surface area (Å²) in [5.41, 5.74) is 9.97. The monoisotopic (exact) mass is 895 g/mol. The number of amides is 7. The van der Waals surface area contributed by atoms with E-state index in [9.17, 15) is 28.8 Å². The Bertz CT molecular complexity index is 2540. The predicted octanol–water partition coefficient (Wildman–Crippen LogP) is 3.52. The molecule has 66 heavy (non-hydrogen) atoms. The SMILES string of the molecule is NC(=O)c1nnc(N2CCCC(N3CCN(c4cccnc4)C3=O)C2)nc1Nc1ccc(C2CCN(CC3CCN(c4ccc5c(c4)C(=O)N(C4CCC(=O)NC4=O)C5=O)CC3)CC2)cc1. The van der Waals surface area contributed by atoms with Gasteiger partial charge in [-0.3, -0.25) is 44.1 Å². The van der Waals surface area contributed by atoms with Gasteiger partial charge in [0.05, 0.1) is 29.1 Å². The van der Waals surface area contributed by atoms with Crippen molar-refractivity contribution >= 4 is 64.4 Å². The van der Waals surface area contributed by atoms with Gasteiger partial charge in [-0.1, -0.05) is 12.1 Å². The molecule has 2 aromatic heterocycles. The quantitative estimate of drug-likeness (QED) is 0.184. The highest BCUT2D eigenvalue weighted by atomic mass is 16.2. The Kier molecular flexibility index (Phi) is 11.8. The van der Waals surface area contributed by atoms with Crippen LogP contribution in [0.4, 0.5) is 33.6 Å². The Morgan fingerprint density at radius 1 is 0.788 bits per heavy atom. The zero-order chi connectivity index (χ0) is 45.5. The minimum Gasteiger partial charge on any atom is -0.371 e. The smallest absolute Gasteiger partial charge is 0.324 e. The number of urea groups is 1. The number of carbonyl (C=O) groups is 6. The Hall–Kier alpha value is -7.02. The molecule has 2 aromatic carbocycles. The molecule has 19 heteroatoms. The van der Waals surface area contributed by atoms with Crippen LogP contribution in [0.5, 0.6) is 0 Å². The molecule has 10 rings (SSSR count). The Labute approximate surface area is 381 Å². The topological polar surface area (TPSA) is 223 Å². The number of nitrogens with one attached hydrogen (secondary N) is 2. The zero-order valence-electron chi connectivity index (χ0n) is 36.7. The van der Waals surface area contributed by atoms with Crippen LogP contribution >= 0.6 is 0 Å². The summed E-state index contributed by atoms with van der Waals surface area (Å²) in [6.07, 6.45) is 9.46. The van der Waals surface area contributed by atoms with Gasteiger partial charge in [-0.2, -0.15) is 4.98 Å². The minimum atomic E-state index is -0.978. The first kappa shape index (κ1) is 42.9. The molecule has 0 saturated carbocycles. The van der Waals surface area contributed by atoms with E-state index >= 15 is 0 Å². The second-order valence-corrected chi connectivity index (χ2v) is 18.2. The van der Waals surface area contributed by atoms with Crippen molar-refractivity contribution in [3.63, 3.8) is 0 Å². The van der Waals surface area contributed by atoms with Crippen molar-refractivity contribution in [3.05, 3.63) is 89.4 Å². The van der Waals surface area contributed by atoms with Crippen LogP contribution in [0.2, 0.25) is 0 Å². The van der Waals surface area contributed by atoms with E-state index in [1.54, 1.807) is 29.4 Å². The Morgan fingerprint density at radius 3 is 2.32 bits per heavy atom. The lowest BCUT2D eigenvalue weighted by Gasteiger charge is -2.38. The number of carbonyl (C=O) groups excluding carboxylic acids is 6. The summed E-state index contributed by atoms with van der Waals surface area (Å²) in [5, 5.41) is 14.0. The van der Waals surface area contributed by atoms with Crippen LogP contribution in [0, 0.1) is 5.92 Å². The third-order valence-corrected chi connectivity index (χ3v) is 14.2. The van der Waals surface area contributed by atoms with Crippen LogP contribution in [-0.4, -0.2) is 141 Å². The van der Waals surface area contributed by atoms with Gasteiger partial charge in [-0.15, -0.1) is 10.2 Å². The van der Waals surface area contributed by atoms with Gasteiger partial charge in [0.2, 0.25) is 17.8 Å². The molecule has 5 fully saturated rings. The number of hydrogen-bond acceptors (Lipinski definition) is 14. The maximum Gasteiger partial charge on any atom is 0.324 e. The summed E-state index contributed by atoms with van der Waals surface area (Å²) in [4.78, 5) is 97.0. The molecular formula is C47H53N13O6. The molecule has 2 unspecified atom stereocenters. The number of imide groups is 2. The fraction of sp³-hybridized carbons (Fsp3) is 0.447. The molecule has 0 radical (unpaired) electrons. The molecule has 7 amide bonds. The van der Waals surface area contributed by atoms with Crippen molar-refractivity contribution in [3.8, 4) is 0 Å². The lowest BCUT2D eigenvalue weighted by atomic mass is 9.88. The zero-order valence-corrected chi connectivity index (χ0v) is 36.7. The average Bonchev–Trinajstić information content (AvgIpc) is 3.84. The minimum absolute atomic E-state index is 0.0289. The van der Waals surface area contributed by atoms with Crippen LogP contribution in [0.3, 0.4) is 0 Å². The maximum atomic E-state index is 13.4. The van der Waals surface area contributed by atoms with Crippen LogP contribution in [0.25, 0.3) is 0 Å². The van der Waals surface area contributed by atoms with Crippen LogP contribution in [0.1, 0.15) is 94.1 Å². The number of aromatic nitrogens is 4. The number of benzene rings is 2. The first-order valence-corrected chi connectivity index (χ1v) is 23.1. The molecule has 19 nitrogen and oxygen atoms in total. The van der Waals surface area contributed by atoms with E-state index in [1.807, 2.05) is 40.1 Å². The van der Waals surface area contributed by atoms with Gasteiger partial charge in [0.15, 0.2) is 11.5 Å². The second kappa shape index (κ2) is 18.1. The Morgan fingerprint density at radius 2 is 1.58 bits per heavy atom. The summed E-state index contributed by atoms with van der Waals surface area (Å²) < 4.78 is 0. The molecule has 6 aliphatic rings. The van der Waals surface area contributed by atoms with E-state index in [0.717, 1.165) is 93.2 Å². The summed E-state index contributed by atoms with van der Waals surface area (Å²) >= 11 is 0. The highest BCUT2D eigenvalue weighted by Crippen LogP contribution is 2.35. The molecule has 4 aromatic rings. The van der Waals surface area contributed by atoms with Crippen molar-refractivity contribution in [1.29, 1.82) is 0 Å². The van der Waals surface area contributed by atoms with Crippen LogP contribution < -0.4 is 31.1 Å². The Balaban J connectivity index is 0.702. The summed E-state index contributed by atoms with van der Waals surface area (Å²) in [6.45, 7) is 7.20. The molecule has 0 aliphatic carbocycles. The van der Waals surface area contributed by atoms with Gasteiger partial charge >= 0.3 is 6.03 Å². The van der Waals surface area contributed by atoms with E-state index in [-0.39, 0.29) is 36.4 Å². The van der Waals surface area contributed by atoms with Crippen molar-refractivity contribution in [2.24, 2.45) is 11.7 Å². The van der Waals surface area contributed by atoms with E-state index in [0.29, 0.717) is 55.1 Å². The first-order chi connectivity index (χ1) is 32.1. The number of hydrogen-bond donors (Lipinski definition) is 3. The largest absolute Gasteiger partial charge is 0.371 e. The number of piperidine rings is 4. The maximum absolute atomic E-state index is 13.4. The van der Waals surface area contributed by atoms with Gasteiger partial charge in [0, 0.05) is 69.8 Å². The normalized spacial score (nSPS) is 22.3. The molecule has 342 valence electrons. The van der Waals surface area contributed by atoms with Crippen molar-refractivity contribution in [2.75, 3.05) is 78.9 Å². The summed E-state index contributed by atoms with van der Waals surface area (Å²) in [7, 11) is 0. The van der Waals surface area contributed by atoms with Gasteiger partial charge in [0.1, 0.15) is 6.04 Å². The summed E-state index contributed by atoms with van der Waals surface area (Å²) in [5.74, 6) is -1.12. The number of fused-ring (bicyclic) bond motifs is 1. The molecule has 0 spiro atoms. The molecule has 0 bridgehead atoms. The third kappa shape index (κ3) is 8.50. The fourth-order valence-corrected chi connectivity index (χ4v) is 10.6. The fourth-order valence-electron chi connectivity index (χ4n) is 10.6. The van der Waals surface area contributed by atoms with Gasteiger partial charge in [-0.05, 0) is 118 Å². The van der Waals surface area contributed by atoms with Crippen LogP contribution in [-0.2, 0) is 9.59 Å². The number of anilines is 5. The molecule has 2 atom stereocenters. The van der Waals surface area contributed by atoms with Crippen LogP contribution in [0.15, 0.2) is 67.0 Å². The lowest BCUT2D eigenvalue weighted by Crippen LogP contribution is -2.54.